The predicted octanol–water partition coefficient (Wildman–Crippen LogP) is 3.45. The summed E-state index contributed by atoms with van der Waals surface area (Å²) in [6, 6.07) is 7.45. The lowest BCUT2D eigenvalue weighted by atomic mass is 10.1. The van der Waals surface area contributed by atoms with Crippen molar-refractivity contribution in [1.29, 1.82) is 0 Å². The maximum absolute atomic E-state index is 12.5. The van der Waals surface area contributed by atoms with Crippen molar-refractivity contribution in [3.63, 3.8) is 0 Å². The van der Waals surface area contributed by atoms with E-state index in [1.807, 2.05) is 6.07 Å². The highest BCUT2D eigenvalue weighted by Gasteiger charge is 2.29. The molecule has 0 unspecified atom stereocenters. The van der Waals surface area contributed by atoms with Gasteiger partial charge in [0.05, 0.1) is 17.8 Å². The summed E-state index contributed by atoms with van der Waals surface area (Å²) in [5.41, 5.74) is 1.16. The highest BCUT2D eigenvalue weighted by molar-refractivity contribution is 5.25. The minimum Gasteiger partial charge on any atom is -0.309 e. The van der Waals surface area contributed by atoms with Crippen LogP contribution in [0.15, 0.2) is 36.5 Å². The summed E-state index contributed by atoms with van der Waals surface area (Å²) in [7, 11) is 0. The smallest absolute Gasteiger partial charge is 0.309 e. The molecule has 0 saturated carbocycles. The first-order valence-corrected chi connectivity index (χ1v) is 6.76. The molecule has 1 aromatic heterocycles. The molecule has 0 saturated heterocycles. The van der Waals surface area contributed by atoms with Crippen LogP contribution in [0.2, 0.25) is 0 Å². The maximum atomic E-state index is 12.5. The van der Waals surface area contributed by atoms with E-state index in [0.717, 1.165) is 23.4 Å². The summed E-state index contributed by atoms with van der Waals surface area (Å²) < 4.78 is 39.3. The highest BCUT2D eigenvalue weighted by Crippen LogP contribution is 2.29. The summed E-state index contributed by atoms with van der Waals surface area (Å²) in [5.74, 6) is 0. The lowest BCUT2D eigenvalue weighted by molar-refractivity contribution is -0.137. The predicted molar refractivity (Wildman–Crippen MR) is 74.7 cm³/mol. The molecule has 0 aliphatic carbocycles. The molecular formula is C15H18F3N3. The Morgan fingerprint density at radius 3 is 2.38 bits per heavy atom. The highest BCUT2D eigenvalue weighted by atomic mass is 19.4. The van der Waals surface area contributed by atoms with Gasteiger partial charge >= 0.3 is 6.18 Å². The van der Waals surface area contributed by atoms with Crippen LogP contribution in [0.4, 0.5) is 13.2 Å². The maximum Gasteiger partial charge on any atom is 0.416 e. The van der Waals surface area contributed by atoms with Crippen molar-refractivity contribution < 1.29 is 13.2 Å². The zero-order chi connectivity index (χ0) is 15.5. The standard InChI is InChI=1S/C15H18F3N3/c1-11(2)19-9-14-7-8-20-21(14)10-12-3-5-13(6-4-12)15(16,17)18/h3-8,11,19H,9-10H2,1-2H3. The van der Waals surface area contributed by atoms with Gasteiger partial charge in [-0.1, -0.05) is 26.0 Å². The van der Waals surface area contributed by atoms with Crippen LogP contribution >= 0.6 is 0 Å². The van der Waals surface area contributed by atoms with Crippen molar-refractivity contribution in [3.8, 4) is 0 Å². The quantitative estimate of drug-likeness (QED) is 0.916. The summed E-state index contributed by atoms with van der Waals surface area (Å²) >= 11 is 0. The van der Waals surface area contributed by atoms with Crippen LogP contribution in [0.5, 0.6) is 0 Å². The van der Waals surface area contributed by atoms with Crippen molar-refractivity contribution in [3.05, 3.63) is 53.3 Å². The summed E-state index contributed by atoms with van der Waals surface area (Å²) in [5, 5.41) is 7.51. The third-order valence-electron chi connectivity index (χ3n) is 3.11. The van der Waals surface area contributed by atoms with E-state index in [1.165, 1.54) is 12.1 Å². The fraction of sp³-hybridized carbons (Fsp3) is 0.400. The molecule has 3 nitrogen and oxygen atoms in total. The first-order chi connectivity index (χ1) is 9.86. The van der Waals surface area contributed by atoms with Gasteiger partial charge in [-0.15, -0.1) is 0 Å². The lowest BCUT2D eigenvalue weighted by Gasteiger charge is -2.11. The Kier molecular flexibility index (Phi) is 4.67. The second-order valence-corrected chi connectivity index (χ2v) is 5.21. The second-order valence-electron chi connectivity index (χ2n) is 5.21. The molecule has 0 radical (unpaired) electrons. The minimum atomic E-state index is -4.30. The van der Waals surface area contributed by atoms with Gasteiger partial charge < -0.3 is 5.32 Å². The molecule has 0 spiro atoms. The van der Waals surface area contributed by atoms with Gasteiger partial charge in [-0.3, -0.25) is 4.68 Å². The number of nitrogens with one attached hydrogen (secondary N) is 1. The van der Waals surface area contributed by atoms with Crippen LogP contribution < -0.4 is 5.32 Å². The molecule has 0 aliphatic heterocycles. The number of hydrogen-bond donors (Lipinski definition) is 1. The molecule has 0 bridgehead atoms. The van der Waals surface area contributed by atoms with E-state index >= 15 is 0 Å². The van der Waals surface area contributed by atoms with Gasteiger partial charge in [-0.05, 0) is 23.8 Å². The van der Waals surface area contributed by atoms with Crippen molar-refractivity contribution in [2.75, 3.05) is 0 Å². The van der Waals surface area contributed by atoms with Crippen LogP contribution in [-0.2, 0) is 19.3 Å². The average molecular weight is 297 g/mol. The van der Waals surface area contributed by atoms with Crippen LogP contribution in [0.3, 0.4) is 0 Å². The topological polar surface area (TPSA) is 29.9 Å². The number of benzene rings is 1. The van der Waals surface area contributed by atoms with E-state index in [0.29, 0.717) is 19.1 Å². The molecule has 2 rings (SSSR count). The molecule has 114 valence electrons. The Labute approximate surface area is 121 Å². The van der Waals surface area contributed by atoms with Crippen molar-refractivity contribution in [1.82, 2.24) is 15.1 Å². The average Bonchev–Trinajstić information content (AvgIpc) is 2.83. The molecule has 6 heteroatoms. The van der Waals surface area contributed by atoms with Gasteiger partial charge in [0.15, 0.2) is 0 Å². The van der Waals surface area contributed by atoms with E-state index < -0.39 is 11.7 Å². The van der Waals surface area contributed by atoms with E-state index in [2.05, 4.69) is 24.3 Å². The number of halogens is 3. The Morgan fingerprint density at radius 2 is 1.81 bits per heavy atom. The van der Waals surface area contributed by atoms with Gasteiger partial charge in [-0.25, -0.2) is 0 Å². The van der Waals surface area contributed by atoms with Crippen LogP contribution in [0.1, 0.15) is 30.7 Å². The summed E-state index contributed by atoms with van der Waals surface area (Å²) in [6.45, 7) is 5.24. The molecule has 21 heavy (non-hydrogen) atoms. The normalized spacial score (nSPS) is 12.1. The van der Waals surface area contributed by atoms with E-state index in [9.17, 15) is 13.2 Å². The molecule has 0 aliphatic rings. The van der Waals surface area contributed by atoms with Crippen LogP contribution in [0, 0.1) is 0 Å². The third-order valence-corrected chi connectivity index (χ3v) is 3.11. The Balaban J connectivity index is 2.07. The lowest BCUT2D eigenvalue weighted by Crippen LogP contribution is -2.23. The van der Waals surface area contributed by atoms with Crippen molar-refractivity contribution in [2.45, 2.75) is 39.2 Å². The molecule has 0 amide bonds. The SMILES string of the molecule is CC(C)NCc1ccnn1Cc1ccc(C(F)(F)F)cc1. The van der Waals surface area contributed by atoms with Crippen molar-refractivity contribution >= 4 is 0 Å². The number of nitrogens with zero attached hydrogens (tertiary/aromatic N) is 2. The third kappa shape index (κ3) is 4.32. The number of rotatable bonds is 5. The molecule has 1 heterocycles. The van der Waals surface area contributed by atoms with E-state index in [-0.39, 0.29) is 0 Å². The first kappa shape index (κ1) is 15.6. The Morgan fingerprint density at radius 1 is 1.14 bits per heavy atom. The monoisotopic (exact) mass is 297 g/mol. The van der Waals surface area contributed by atoms with Crippen LogP contribution in [-0.4, -0.2) is 15.8 Å². The number of alkyl halides is 3. The molecule has 0 fully saturated rings. The minimum absolute atomic E-state index is 0.361. The van der Waals surface area contributed by atoms with Gasteiger partial charge in [0.1, 0.15) is 0 Å². The van der Waals surface area contributed by atoms with E-state index in [4.69, 9.17) is 0 Å². The largest absolute Gasteiger partial charge is 0.416 e. The molecule has 1 N–H and O–H groups in total. The second kappa shape index (κ2) is 6.30. The number of aromatic nitrogens is 2. The van der Waals surface area contributed by atoms with Gasteiger partial charge in [-0.2, -0.15) is 18.3 Å². The van der Waals surface area contributed by atoms with Crippen LogP contribution in [0.25, 0.3) is 0 Å². The summed E-state index contributed by atoms with van der Waals surface area (Å²) in [6.07, 6.45) is -2.60. The van der Waals surface area contributed by atoms with E-state index in [1.54, 1.807) is 10.9 Å². The Hall–Kier alpha value is -1.82. The van der Waals surface area contributed by atoms with Gasteiger partial charge in [0.2, 0.25) is 0 Å². The summed E-state index contributed by atoms with van der Waals surface area (Å²) in [4.78, 5) is 0. The fourth-order valence-electron chi connectivity index (χ4n) is 1.93. The zero-order valence-corrected chi connectivity index (χ0v) is 12.0. The molecule has 1 aromatic carbocycles. The van der Waals surface area contributed by atoms with Gasteiger partial charge in [0, 0.05) is 18.8 Å². The molecule has 2 aromatic rings. The van der Waals surface area contributed by atoms with Crippen molar-refractivity contribution in [2.24, 2.45) is 0 Å². The van der Waals surface area contributed by atoms with Gasteiger partial charge in [0.25, 0.3) is 0 Å². The zero-order valence-electron chi connectivity index (χ0n) is 12.0. The molecule has 0 atom stereocenters. The number of hydrogen-bond acceptors (Lipinski definition) is 2. The molecular weight excluding hydrogens is 279 g/mol. The Bertz CT molecular complexity index is 571. The first-order valence-electron chi connectivity index (χ1n) is 6.76. The fourth-order valence-corrected chi connectivity index (χ4v) is 1.93.